The number of rotatable bonds is 7. The van der Waals surface area contributed by atoms with Crippen LogP contribution in [-0.4, -0.2) is 24.1 Å². The SMILES string of the molecule is CCn1c(COc2ccc(C)cc2C)nnc1SCc1cc(=O)n2ccsc2n1. The predicted molar refractivity (Wildman–Crippen MR) is 115 cm³/mol. The molecule has 0 bridgehead atoms. The largest absolute Gasteiger partial charge is 0.485 e. The van der Waals surface area contributed by atoms with Gasteiger partial charge in [0.25, 0.3) is 5.56 Å². The van der Waals surface area contributed by atoms with Gasteiger partial charge in [0.1, 0.15) is 12.4 Å². The molecule has 9 heteroatoms. The third-order valence-electron chi connectivity index (χ3n) is 4.50. The van der Waals surface area contributed by atoms with Crippen LogP contribution >= 0.6 is 23.1 Å². The van der Waals surface area contributed by atoms with Crippen molar-refractivity contribution in [2.24, 2.45) is 0 Å². The van der Waals surface area contributed by atoms with Crippen LogP contribution < -0.4 is 10.3 Å². The second-order valence-electron chi connectivity index (χ2n) is 6.63. The van der Waals surface area contributed by atoms with Gasteiger partial charge in [0.05, 0.1) is 5.69 Å². The Balaban J connectivity index is 1.47. The number of fused-ring (bicyclic) bond motifs is 1. The molecule has 29 heavy (non-hydrogen) atoms. The topological polar surface area (TPSA) is 74.3 Å². The fourth-order valence-corrected chi connectivity index (χ4v) is 4.71. The van der Waals surface area contributed by atoms with Crippen LogP contribution in [0.25, 0.3) is 4.96 Å². The number of hydrogen-bond donors (Lipinski definition) is 0. The first-order chi connectivity index (χ1) is 14.0. The molecular formula is C20H21N5O2S2. The summed E-state index contributed by atoms with van der Waals surface area (Å²) in [6, 6.07) is 7.69. The number of hydrogen-bond acceptors (Lipinski definition) is 7. The molecule has 0 aliphatic carbocycles. The smallest absolute Gasteiger partial charge is 0.258 e. The summed E-state index contributed by atoms with van der Waals surface area (Å²) in [5.41, 5.74) is 2.98. The fraction of sp³-hybridized carbons (Fsp3) is 0.300. The first kappa shape index (κ1) is 19.7. The molecule has 0 N–H and O–H groups in total. The van der Waals surface area contributed by atoms with E-state index in [2.05, 4.69) is 35.1 Å². The zero-order valence-corrected chi connectivity index (χ0v) is 18.1. The number of ether oxygens (including phenoxy) is 1. The van der Waals surface area contributed by atoms with Crippen molar-refractivity contribution in [2.75, 3.05) is 0 Å². The number of aromatic nitrogens is 5. The molecule has 0 saturated heterocycles. The summed E-state index contributed by atoms with van der Waals surface area (Å²) < 4.78 is 9.55. The van der Waals surface area contributed by atoms with Gasteiger partial charge >= 0.3 is 0 Å². The van der Waals surface area contributed by atoms with Gasteiger partial charge in [0.2, 0.25) is 0 Å². The highest BCUT2D eigenvalue weighted by molar-refractivity contribution is 7.98. The summed E-state index contributed by atoms with van der Waals surface area (Å²) in [7, 11) is 0. The lowest BCUT2D eigenvalue weighted by Gasteiger charge is -2.11. The molecule has 3 heterocycles. The van der Waals surface area contributed by atoms with Gasteiger partial charge in [-0.3, -0.25) is 9.20 Å². The monoisotopic (exact) mass is 427 g/mol. The average molecular weight is 428 g/mol. The molecule has 0 fully saturated rings. The first-order valence-electron chi connectivity index (χ1n) is 9.26. The molecule has 0 amide bonds. The van der Waals surface area contributed by atoms with Crippen molar-refractivity contribution in [3.8, 4) is 5.75 Å². The Hall–Kier alpha value is -2.65. The van der Waals surface area contributed by atoms with Crippen LogP contribution in [0.3, 0.4) is 0 Å². The van der Waals surface area contributed by atoms with Crippen LogP contribution in [0.15, 0.2) is 45.8 Å². The zero-order valence-electron chi connectivity index (χ0n) is 16.5. The molecule has 0 aliphatic rings. The number of benzene rings is 1. The second-order valence-corrected chi connectivity index (χ2v) is 8.45. The highest BCUT2D eigenvalue weighted by atomic mass is 32.2. The summed E-state index contributed by atoms with van der Waals surface area (Å²) >= 11 is 2.97. The van der Waals surface area contributed by atoms with Crippen LogP contribution in [0.4, 0.5) is 0 Å². The molecule has 0 aliphatic heterocycles. The standard InChI is InChI=1S/C20H21N5O2S2/c1-4-24-17(11-27-16-6-5-13(2)9-14(16)3)22-23-20(24)29-12-15-10-18(26)25-7-8-28-19(25)21-15/h5-10H,4,11-12H2,1-3H3. The molecule has 0 spiro atoms. The first-order valence-corrected chi connectivity index (χ1v) is 11.1. The predicted octanol–water partition coefficient (Wildman–Crippen LogP) is 3.86. The lowest BCUT2D eigenvalue weighted by molar-refractivity contribution is 0.286. The van der Waals surface area contributed by atoms with Gasteiger partial charge in [0.15, 0.2) is 15.9 Å². The van der Waals surface area contributed by atoms with Crippen LogP contribution in [0, 0.1) is 13.8 Å². The maximum atomic E-state index is 12.1. The molecular weight excluding hydrogens is 406 g/mol. The Bertz CT molecular complexity index is 1210. The molecule has 0 atom stereocenters. The molecule has 7 nitrogen and oxygen atoms in total. The quantitative estimate of drug-likeness (QED) is 0.417. The summed E-state index contributed by atoms with van der Waals surface area (Å²) in [5.74, 6) is 2.18. The van der Waals surface area contributed by atoms with Crippen LogP contribution in [0.5, 0.6) is 5.75 Å². The molecule has 4 aromatic rings. The summed E-state index contributed by atoms with van der Waals surface area (Å²) in [4.78, 5) is 17.4. The van der Waals surface area contributed by atoms with Gasteiger partial charge in [-0.05, 0) is 32.4 Å². The average Bonchev–Trinajstić information content (AvgIpc) is 3.32. The van der Waals surface area contributed by atoms with Crippen molar-refractivity contribution in [3.63, 3.8) is 0 Å². The van der Waals surface area contributed by atoms with Crippen LogP contribution in [0.2, 0.25) is 0 Å². The van der Waals surface area contributed by atoms with E-state index in [4.69, 9.17) is 4.74 Å². The Morgan fingerprint density at radius 1 is 1.21 bits per heavy atom. The van der Waals surface area contributed by atoms with E-state index < -0.39 is 0 Å². The normalized spacial score (nSPS) is 11.3. The minimum atomic E-state index is -0.0636. The van der Waals surface area contributed by atoms with Crippen LogP contribution in [0.1, 0.15) is 29.6 Å². The van der Waals surface area contributed by atoms with Crippen molar-refractivity contribution < 1.29 is 4.74 Å². The lowest BCUT2D eigenvalue weighted by Crippen LogP contribution is -2.12. The van der Waals surface area contributed by atoms with Gasteiger partial charge < -0.3 is 9.30 Å². The van der Waals surface area contributed by atoms with Crippen LogP contribution in [-0.2, 0) is 18.9 Å². The van der Waals surface area contributed by atoms with Crippen molar-refractivity contribution in [1.82, 2.24) is 24.1 Å². The van der Waals surface area contributed by atoms with E-state index in [9.17, 15) is 4.79 Å². The Kier molecular flexibility index (Phi) is 5.68. The number of aryl methyl sites for hydroxylation is 2. The maximum absolute atomic E-state index is 12.1. The minimum absolute atomic E-state index is 0.0636. The molecule has 3 aromatic heterocycles. The van der Waals surface area contributed by atoms with E-state index in [1.165, 1.54) is 28.7 Å². The van der Waals surface area contributed by atoms with Crippen molar-refractivity contribution >= 4 is 28.1 Å². The fourth-order valence-electron chi connectivity index (χ4n) is 3.05. The third kappa shape index (κ3) is 4.20. The highest BCUT2D eigenvalue weighted by Gasteiger charge is 2.14. The molecule has 150 valence electrons. The second kappa shape index (κ2) is 8.38. The van der Waals surface area contributed by atoms with Crippen molar-refractivity contribution in [1.29, 1.82) is 0 Å². The van der Waals surface area contributed by atoms with Gasteiger partial charge in [0, 0.05) is 29.9 Å². The maximum Gasteiger partial charge on any atom is 0.258 e. The highest BCUT2D eigenvalue weighted by Crippen LogP contribution is 2.23. The van der Waals surface area contributed by atoms with Crippen molar-refractivity contribution in [2.45, 2.75) is 44.8 Å². The minimum Gasteiger partial charge on any atom is -0.485 e. The lowest BCUT2D eigenvalue weighted by atomic mass is 10.1. The van der Waals surface area contributed by atoms with E-state index in [-0.39, 0.29) is 5.56 Å². The Morgan fingerprint density at radius 3 is 2.86 bits per heavy atom. The van der Waals surface area contributed by atoms with E-state index >= 15 is 0 Å². The number of thioether (sulfide) groups is 1. The Morgan fingerprint density at radius 2 is 2.07 bits per heavy atom. The van der Waals surface area contributed by atoms with E-state index in [1.54, 1.807) is 16.7 Å². The number of nitrogens with zero attached hydrogens (tertiary/aromatic N) is 5. The van der Waals surface area contributed by atoms with Gasteiger partial charge in [-0.1, -0.05) is 29.5 Å². The van der Waals surface area contributed by atoms with E-state index in [0.717, 1.165) is 34.5 Å². The van der Waals surface area contributed by atoms with Gasteiger partial charge in [-0.25, -0.2) is 4.98 Å². The van der Waals surface area contributed by atoms with E-state index in [1.807, 2.05) is 29.0 Å². The third-order valence-corrected chi connectivity index (χ3v) is 6.26. The molecule has 0 saturated carbocycles. The number of thiazole rings is 1. The van der Waals surface area contributed by atoms with Crippen molar-refractivity contribution in [3.05, 3.63) is 68.8 Å². The Labute approximate surface area is 176 Å². The zero-order chi connectivity index (χ0) is 20.4. The van der Waals surface area contributed by atoms with E-state index in [0.29, 0.717) is 17.3 Å². The van der Waals surface area contributed by atoms with Gasteiger partial charge in [-0.2, -0.15) is 0 Å². The molecule has 1 aromatic carbocycles. The summed E-state index contributed by atoms with van der Waals surface area (Å²) in [6.07, 6.45) is 1.74. The summed E-state index contributed by atoms with van der Waals surface area (Å²) in [5, 5.41) is 11.3. The van der Waals surface area contributed by atoms with Gasteiger partial charge in [-0.15, -0.1) is 21.5 Å². The molecule has 0 unspecified atom stereocenters. The molecule has 4 rings (SSSR count). The molecule has 0 radical (unpaired) electrons. The summed E-state index contributed by atoms with van der Waals surface area (Å²) in [6.45, 7) is 7.24.